The van der Waals surface area contributed by atoms with Crippen molar-refractivity contribution in [3.05, 3.63) is 64.7 Å². The quantitative estimate of drug-likeness (QED) is 0.658. The van der Waals surface area contributed by atoms with Crippen LogP contribution >= 0.6 is 11.6 Å². The number of halogens is 1. The van der Waals surface area contributed by atoms with Crippen molar-refractivity contribution in [3.63, 3.8) is 0 Å². The fourth-order valence-corrected chi connectivity index (χ4v) is 5.98. The van der Waals surface area contributed by atoms with Gasteiger partial charge in [0.05, 0.1) is 4.90 Å². The molecule has 2 aromatic carbocycles. The van der Waals surface area contributed by atoms with Gasteiger partial charge in [-0.05, 0) is 54.8 Å². The molecular weight excluding hydrogens is 446 g/mol. The Labute approximate surface area is 195 Å². The van der Waals surface area contributed by atoms with Gasteiger partial charge in [0.15, 0.2) is 0 Å². The van der Waals surface area contributed by atoms with E-state index in [1.165, 1.54) is 5.56 Å². The minimum atomic E-state index is -3.50. The number of rotatable bonds is 5. The van der Waals surface area contributed by atoms with E-state index in [1.807, 2.05) is 29.2 Å². The summed E-state index contributed by atoms with van der Waals surface area (Å²) in [6.07, 6.45) is 3.96. The Balaban J connectivity index is 1.34. The minimum absolute atomic E-state index is 0.0464. The third-order valence-electron chi connectivity index (χ3n) is 6.28. The van der Waals surface area contributed by atoms with Crippen molar-refractivity contribution < 1.29 is 13.2 Å². The van der Waals surface area contributed by atoms with Crippen LogP contribution in [0.4, 0.5) is 0 Å². The molecule has 0 atom stereocenters. The first-order valence-electron chi connectivity index (χ1n) is 11.3. The number of amides is 1. The first kappa shape index (κ1) is 23.2. The van der Waals surface area contributed by atoms with Gasteiger partial charge in [0.25, 0.3) is 5.91 Å². The topological polar surface area (TPSA) is 60.9 Å². The molecular formula is C24H30ClN3O3S. The normalized spacial score (nSPS) is 19.0. The number of carbonyl (C=O) groups is 1. The van der Waals surface area contributed by atoms with Crippen LogP contribution in [0.15, 0.2) is 53.4 Å². The number of benzene rings is 2. The molecule has 0 spiro atoms. The van der Waals surface area contributed by atoms with E-state index in [9.17, 15) is 13.2 Å². The van der Waals surface area contributed by atoms with Crippen LogP contribution in [0.3, 0.4) is 0 Å². The molecule has 2 heterocycles. The molecule has 0 bridgehead atoms. The predicted molar refractivity (Wildman–Crippen MR) is 126 cm³/mol. The summed E-state index contributed by atoms with van der Waals surface area (Å²) < 4.78 is 27.5. The first-order valence-corrected chi connectivity index (χ1v) is 13.1. The first-order chi connectivity index (χ1) is 15.4. The van der Waals surface area contributed by atoms with E-state index in [4.69, 9.17) is 11.6 Å². The van der Waals surface area contributed by atoms with E-state index in [1.54, 1.807) is 28.6 Å². The van der Waals surface area contributed by atoms with Gasteiger partial charge in [0.1, 0.15) is 0 Å². The molecule has 172 valence electrons. The maximum Gasteiger partial charge on any atom is 0.253 e. The highest BCUT2D eigenvalue weighted by Crippen LogP contribution is 2.21. The Kier molecular flexibility index (Phi) is 7.51. The van der Waals surface area contributed by atoms with Crippen LogP contribution < -0.4 is 0 Å². The van der Waals surface area contributed by atoms with E-state index < -0.39 is 10.0 Å². The predicted octanol–water partition coefficient (Wildman–Crippen LogP) is 3.86. The van der Waals surface area contributed by atoms with Crippen LogP contribution in [0.25, 0.3) is 0 Å². The van der Waals surface area contributed by atoms with E-state index in [2.05, 4.69) is 4.90 Å². The Morgan fingerprint density at radius 1 is 0.781 bits per heavy atom. The second-order valence-corrected chi connectivity index (χ2v) is 10.9. The highest BCUT2D eigenvalue weighted by atomic mass is 35.5. The summed E-state index contributed by atoms with van der Waals surface area (Å²) >= 11 is 5.95. The smallest absolute Gasteiger partial charge is 0.253 e. The molecule has 0 saturated carbocycles. The van der Waals surface area contributed by atoms with Crippen molar-refractivity contribution in [2.75, 3.05) is 39.3 Å². The zero-order valence-corrected chi connectivity index (χ0v) is 19.8. The lowest BCUT2D eigenvalue weighted by atomic mass is 10.1. The standard InChI is InChI=1S/C24H30ClN3O3S/c25-22-9-5-20(6-10-22)19-26-15-17-27(18-16-26)24(29)21-7-11-23(12-8-21)32(30,31)28-13-3-1-2-4-14-28/h5-12H,1-4,13-19H2. The molecule has 8 heteroatoms. The third-order valence-corrected chi connectivity index (χ3v) is 8.45. The van der Waals surface area contributed by atoms with Crippen molar-refractivity contribution in [1.82, 2.24) is 14.1 Å². The summed E-state index contributed by atoms with van der Waals surface area (Å²) in [6, 6.07) is 14.3. The second kappa shape index (κ2) is 10.3. The lowest BCUT2D eigenvalue weighted by Gasteiger charge is -2.34. The Bertz CT molecular complexity index is 1010. The zero-order valence-electron chi connectivity index (χ0n) is 18.2. The zero-order chi connectivity index (χ0) is 22.6. The molecule has 0 N–H and O–H groups in total. The lowest BCUT2D eigenvalue weighted by Crippen LogP contribution is -2.48. The van der Waals surface area contributed by atoms with Crippen LogP contribution in [-0.2, 0) is 16.6 Å². The summed E-state index contributed by atoms with van der Waals surface area (Å²) in [5.74, 6) is -0.0464. The molecule has 2 fully saturated rings. The number of piperazine rings is 1. The Hall–Kier alpha value is -1.93. The molecule has 0 unspecified atom stereocenters. The number of hydrogen-bond acceptors (Lipinski definition) is 4. The second-order valence-electron chi connectivity index (χ2n) is 8.54. The average molecular weight is 476 g/mol. The van der Waals surface area contributed by atoms with Crippen molar-refractivity contribution >= 4 is 27.5 Å². The molecule has 4 rings (SSSR count). The number of hydrogen-bond donors (Lipinski definition) is 0. The van der Waals surface area contributed by atoms with Gasteiger partial charge in [-0.1, -0.05) is 36.6 Å². The summed E-state index contributed by atoms with van der Waals surface area (Å²) in [6.45, 7) is 4.89. The molecule has 32 heavy (non-hydrogen) atoms. The largest absolute Gasteiger partial charge is 0.336 e. The molecule has 2 aromatic rings. The summed E-state index contributed by atoms with van der Waals surface area (Å²) in [7, 11) is -3.50. The lowest BCUT2D eigenvalue weighted by molar-refractivity contribution is 0.0628. The van der Waals surface area contributed by atoms with E-state index in [0.29, 0.717) is 31.7 Å². The highest BCUT2D eigenvalue weighted by molar-refractivity contribution is 7.89. The maximum atomic E-state index is 12.9. The van der Waals surface area contributed by atoms with Gasteiger partial charge >= 0.3 is 0 Å². The van der Waals surface area contributed by atoms with Crippen LogP contribution in [0, 0.1) is 0 Å². The van der Waals surface area contributed by atoms with Crippen molar-refractivity contribution in [3.8, 4) is 0 Å². The summed E-state index contributed by atoms with van der Waals surface area (Å²) in [4.78, 5) is 17.4. The Morgan fingerprint density at radius 3 is 1.97 bits per heavy atom. The third kappa shape index (κ3) is 5.52. The molecule has 1 amide bonds. The summed E-state index contributed by atoms with van der Waals surface area (Å²) in [5.41, 5.74) is 1.74. The van der Waals surface area contributed by atoms with Gasteiger partial charge in [-0.25, -0.2) is 8.42 Å². The van der Waals surface area contributed by atoms with Gasteiger partial charge in [-0.2, -0.15) is 4.31 Å². The molecule has 2 aliphatic rings. The fourth-order valence-electron chi connectivity index (χ4n) is 4.34. The molecule has 6 nitrogen and oxygen atoms in total. The maximum absolute atomic E-state index is 12.9. The molecule has 0 radical (unpaired) electrons. The van der Waals surface area contributed by atoms with E-state index >= 15 is 0 Å². The van der Waals surface area contributed by atoms with Gasteiger partial charge in [0.2, 0.25) is 10.0 Å². The van der Waals surface area contributed by atoms with Crippen LogP contribution in [0.1, 0.15) is 41.6 Å². The summed E-state index contributed by atoms with van der Waals surface area (Å²) in [5, 5.41) is 0.731. The van der Waals surface area contributed by atoms with Gasteiger partial charge in [-0.3, -0.25) is 9.69 Å². The Morgan fingerprint density at radius 2 is 1.38 bits per heavy atom. The molecule has 2 saturated heterocycles. The highest BCUT2D eigenvalue weighted by Gasteiger charge is 2.26. The SMILES string of the molecule is O=C(c1ccc(S(=O)(=O)N2CCCCCC2)cc1)N1CCN(Cc2ccc(Cl)cc2)CC1. The minimum Gasteiger partial charge on any atom is -0.336 e. The number of sulfonamides is 1. The molecule has 2 aliphatic heterocycles. The molecule has 0 aliphatic carbocycles. The fraction of sp³-hybridized carbons (Fsp3) is 0.458. The van der Waals surface area contributed by atoms with Gasteiger partial charge in [-0.15, -0.1) is 0 Å². The number of nitrogens with zero attached hydrogens (tertiary/aromatic N) is 3. The van der Waals surface area contributed by atoms with Crippen molar-refractivity contribution in [1.29, 1.82) is 0 Å². The van der Waals surface area contributed by atoms with Crippen molar-refractivity contribution in [2.45, 2.75) is 37.1 Å². The van der Waals surface area contributed by atoms with Crippen LogP contribution in [-0.4, -0.2) is 67.7 Å². The average Bonchev–Trinajstić information content (AvgIpc) is 3.11. The van der Waals surface area contributed by atoms with Crippen LogP contribution in [0.2, 0.25) is 5.02 Å². The monoisotopic (exact) mass is 475 g/mol. The molecule has 0 aromatic heterocycles. The van der Waals surface area contributed by atoms with E-state index in [0.717, 1.165) is 50.3 Å². The number of carbonyl (C=O) groups excluding carboxylic acids is 1. The van der Waals surface area contributed by atoms with E-state index in [-0.39, 0.29) is 10.8 Å². The van der Waals surface area contributed by atoms with Crippen molar-refractivity contribution in [2.24, 2.45) is 0 Å². The van der Waals surface area contributed by atoms with Gasteiger partial charge < -0.3 is 4.90 Å². The van der Waals surface area contributed by atoms with Crippen LogP contribution in [0.5, 0.6) is 0 Å². The van der Waals surface area contributed by atoms with Gasteiger partial charge in [0, 0.05) is 56.4 Å².